The van der Waals surface area contributed by atoms with Crippen molar-refractivity contribution in [3.8, 4) is 17.2 Å². The Kier molecular flexibility index (Phi) is 8.23. The van der Waals surface area contributed by atoms with Crippen LogP contribution in [-0.2, 0) is 11.4 Å². The molecule has 1 saturated heterocycles. The van der Waals surface area contributed by atoms with Gasteiger partial charge in [0.05, 0.1) is 18.6 Å². The summed E-state index contributed by atoms with van der Waals surface area (Å²) >= 11 is 13.5. The summed E-state index contributed by atoms with van der Waals surface area (Å²) in [7, 11) is 1.55. The Morgan fingerprint density at radius 2 is 1.80 bits per heavy atom. The second kappa shape index (κ2) is 11.5. The Hall–Kier alpha value is -3.13. The van der Waals surface area contributed by atoms with E-state index in [1.165, 1.54) is 11.8 Å². The molecule has 0 unspecified atom stereocenters. The number of benzene rings is 3. The van der Waals surface area contributed by atoms with Crippen molar-refractivity contribution in [1.29, 1.82) is 0 Å². The van der Waals surface area contributed by atoms with Crippen LogP contribution in [0.25, 0.3) is 6.08 Å². The molecule has 9 heteroatoms. The van der Waals surface area contributed by atoms with Gasteiger partial charge in [0.1, 0.15) is 18.0 Å². The van der Waals surface area contributed by atoms with E-state index < -0.39 is 0 Å². The molecule has 0 aliphatic carbocycles. The number of rotatable bonds is 8. The molecule has 1 N–H and O–H groups in total. The van der Waals surface area contributed by atoms with Gasteiger partial charge in [-0.15, -0.1) is 0 Å². The second-order valence-electron chi connectivity index (χ2n) is 7.32. The van der Waals surface area contributed by atoms with Crippen molar-refractivity contribution in [3.63, 3.8) is 0 Å². The van der Waals surface area contributed by atoms with Gasteiger partial charge in [-0.2, -0.15) is 0 Å². The summed E-state index contributed by atoms with van der Waals surface area (Å²) in [5.74, 6) is 1.48. The molecule has 1 aliphatic rings. The van der Waals surface area contributed by atoms with Crippen LogP contribution >= 0.6 is 35.0 Å². The summed E-state index contributed by atoms with van der Waals surface area (Å²) in [5, 5.41) is 4.38. The van der Waals surface area contributed by atoms with Crippen molar-refractivity contribution in [2.45, 2.75) is 13.5 Å². The van der Waals surface area contributed by atoms with Crippen molar-refractivity contribution in [2.75, 3.05) is 13.7 Å². The van der Waals surface area contributed by atoms with Crippen molar-refractivity contribution in [3.05, 3.63) is 86.7 Å². The molecule has 1 heterocycles. The molecule has 1 aliphatic heterocycles. The van der Waals surface area contributed by atoms with E-state index in [4.69, 9.17) is 37.4 Å². The van der Waals surface area contributed by atoms with Gasteiger partial charge in [-0.05, 0) is 66.7 Å². The van der Waals surface area contributed by atoms with Gasteiger partial charge in [0.25, 0.3) is 5.91 Å². The molecule has 3 aromatic carbocycles. The van der Waals surface area contributed by atoms with Crippen LogP contribution in [0.15, 0.2) is 70.6 Å². The summed E-state index contributed by atoms with van der Waals surface area (Å²) in [6.07, 6.45) is 1.78. The minimum absolute atomic E-state index is 0.244. The van der Waals surface area contributed by atoms with E-state index in [0.29, 0.717) is 56.3 Å². The SMILES string of the molecule is CCOc1cc(/C=C2\SC(=Nc3cc(Cl)ccc3OC)NC2=O)ccc1OCc1ccccc1Cl. The summed E-state index contributed by atoms with van der Waals surface area (Å²) in [5.41, 5.74) is 2.20. The first-order valence-electron chi connectivity index (χ1n) is 10.7. The molecule has 0 radical (unpaired) electrons. The van der Waals surface area contributed by atoms with Crippen LogP contribution in [0.5, 0.6) is 17.2 Å². The number of amides is 1. The lowest BCUT2D eigenvalue weighted by molar-refractivity contribution is -0.115. The van der Waals surface area contributed by atoms with Gasteiger partial charge >= 0.3 is 0 Å². The van der Waals surface area contributed by atoms with Crippen LogP contribution in [0.2, 0.25) is 10.0 Å². The number of halogens is 2. The highest BCUT2D eigenvalue weighted by atomic mass is 35.5. The van der Waals surface area contributed by atoms with E-state index in [9.17, 15) is 4.79 Å². The van der Waals surface area contributed by atoms with E-state index in [1.54, 1.807) is 31.4 Å². The quantitative estimate of drug-likeness (QED) is 0.323. The number of aliphatic imine (C=N–C) groups is 1. The molecule has 6 nitrogen and oxygen atoms in total. The summed E-state index contributed by atoms with van der Waals surface area (Å²) < 4.78 is 17.1. The molecule has 4 rings (SSSR count). The third-order valence-corrected chi connectivity index (χ3v) is 6.43. The third kappa shape index (κ3) is 6.31. The molecule has 35 heavy (non-hydrogen) atoms. The number of hydrogen-bond donors (Lipinski definition) is 1. The van der Waals surface area contributed by atoms with Crippen molar-refractivity contribution >= 4 is 57.8 Å². The summed E-state index contributed by atoms with van der Waals surface area (Å²) in [6, 6.07) is 18.2. The fourth-order valence-corrected chi connectivity index (χ4v) is 4.46. The number of carbonyl (C=O) groups excluding carboxylic acids is 1. The number of methoxy groups -OCH3 is 1. The van der Waals surface area contributed by atoms with Gasteiger partial charge in [-0.25, -0.2) is 4.99 Å². The van der Waals surface area contributed by atoms with E-state index in [0.717, 1.165) is 11.1 Å². The molecule has 3 aromatic rings. The highest BCUT2D eigenvalue weighted by Crippen LogP contribution is 2.35. The number of carbonyl (C=O) groups is 1. The smallest absolute Gasteiger partial charge is 0.264 e. The first kappa shape index (κ1) is 25.0. The Morgan fingerprint density at radius 3 is 2.57 bits per heavy atom. The predicted octanol–water partition coefficient (Wildman–Crippen LogP) is 6.87. The van der Waals surface area contributed by atoms with Gasteiger partial charge < -0.3 is 19.5 Å². The van der Waals surface area contributed by atoms with Gasteiger partial charge in [-0.3, -0.25) is 4.79 Å². The van der Waals surface area contributed by atoms with Crippen molar-refractivity contribution in [2.24, 2.45) is 4.99 Å². The lowest BCUT2D eigenvalue weighted by Crippen LogP contribution is -2.19. The monoisotopic (exact) mass is 528 g/mol. The zero-order chi connectivity index (χ0) is 24.8. The highest BCUT2D eigenvalue weighted by molar-refractivity contribution is 8.18. The second-order valence-corrected chi connectivity index (χ2v) is 9.19. The number of nitrogens with zero attached hydrogens (tertiary/aromatic N) is 1. The fraction of sp³-hybridized carbons (Fsp3) is 0.154. The molecule has 1 amide bonds. The zero-order valence-electron chi connectivity index (χ0n) is 19.0. The number of hydrogen-bond acceptors (Lipinski definition) is 6. The first-order chi connectivity index (χ1) is 17.0. The molecular weight excluding hydrogens is 507 g/mol. The van der Waals surface area contributed by atoms with Crippen LogP contribution in [0, 0.1) is 0 Å². The number of ether oxygens (including phenoxy) is 3. The minimum atomic E-state index is -0.244. The third-order valence-electron chi connectivity index (χ3n) is 4.92. The van der Waals surface area contributed by atoms with Gasteiger partial charge in [0.2, 0.25) is 0 Å². The first-order valence-corrected chi connectivity index (χ1v) is 12.3. The van der Waals surface area contributed by atoms with Gasteiger partial charge in [0.15, 0.2) is 16.7 Å². The predicted molar refractivity (Wildman–Crippen MR) is 142 cm³/mol. The average molecular weight is 529 g/mol. The Bertz CT molecular complexity index is 1310. The lowest BCUT2D eigenvalue weighted by Gasteiger charge is -2.13. The molecule has 0 bridgehead atoms. The molecule has 0 saturated carbocycles. The average Bonchev–Trinajstić information content (AvgIpc) is 3.18. The Balaban J connectivity index is 1.54. The fourth-order valence-electron chi connectivity index (χ4n) is 3.26. The molecule has 0 aromatic heterocycles. The van der Waals surface area contributed by atoms with E-state index in [-0.39, 0.29) is 5.91 Å². The maximum absolute atomic E-state index is 12.6. The van der Waals surface area contributed by atoms with Crippen LogP contribution in [-0.4, -0.2) is 24.8 Å². The van der Waals surface area contributed by atoms with Gasteiger partial charge in [-0.1, -0.05) is 47.5 Å². The molecule has 0 spiro atoms. The number of thioether (sulfide) groups is 1. The number of nitrogens with one attached hydrogen (secondary N) is 1. The topological polar surface area (TPSA) is 69.2 Å². The number of amidine groups is 1. The van der Waals surface area contributed by atoms with Crippen LogP contribution in [0.3, 0.4) is 0 Å². The van der Waals surface area contributed by atoms with Crippen LogP contribution in [0.4, 0.5) is 5.69 Å². The minimum Gasteiger partial charge on any atom is -0.494 e. The van der Waals surface area contributed by atoms with Crippen molar-refractivity contribution in [1.82, 2.24) is 5.32 Å². The Labute approximate surface area is 217 Å². The molecular formula is C26H22Cl2N2O4S. The lowest BCUT2D eigenvalue weighted by atomic mass is 10.2. The standard InChI is InChI=1S/C26H22Cl2N2O4S/c1-3-33-23-12-16(8-10-22(23)34-15-17-6-4-5-7-19(17)28)13-24-25(31)30-26(35-24)29-20-14-18(27)9-11-21(20)32-2/h4-14H,3,15H2,1-2H3,(H,29,30,31)/b24-13-. The highest BCUT2D eigenvalue weighted by Gasteiger charge is 2.24. The maximum Gasteiger partial charge on any atom is 0.264 e. The van der Waals surface area contributed by atoms with Crippen LogP contribution < -0.4 is 19.5 Å². The van der Waals surface area contributed by atoms with E-state index >= 15 is 0 Å². The summed E-state index contributed by atoms with van der Waals surface area (Å²) in [4.78, 5) is 17.6. The van der Waals surface area contributed by atoms with E-state index in [1.807, 2.05) is 49.4 Å². The molecule has 1 fully saturated rings. The van der Waals surface area contributed by atoms with Gasteiger partial charge in [0, 0.05) is 15.6 Å². The molecule has 180 valence electrons. The van der Waals surface area contributed by atoms with E-state index in [2.05, 4.69) is 10.3 Å². The Morgan fingerprint density at radius 1 is 1.00 bits per heavy atom. The van der Waals surface area contributed by atoms with Crippen LogP contribution in [0.1, 0.15) is 18.1 Å². The normalized spacial score (nSPS) is 15.4. The summed E-state index contributed by atoms with van der Waals surface area (Å²) in [6.45, 7) is 2.68. The van der Waals surface area contributed by atoms with Crippen molar-refractivity contribution < 1.29 is 19.0 Å². The zero-order valence-corrected chi connectivity index (χ0v) is 21.3. The molecule has 0 atom stereocenters. The maximum atomic E-state index is 12.6. The largest absolute Gasteiger partial charge is 0.494 e.